The summed E-state index contributed by atoms with van der Waals surface area (Å²) in [5.41, 5.74) is 4.79. The second-order valence-electron chi connectivity index (χ2n) is 5.28. The summed E-state index contributed by atoms with van der Waals surface area (Å²) >= 11 is 0. The number of hydrogen-bond acceptors (Lipinski definition) is 4. The van der Waals surface area contributed by atoms with Gasteiger partial charge in [-0.3, -0.25) is 4.90 Å². The van der Waals surface area contributed by atoms with Crippen LogP contribution in [0.4, 0.5) is 0 Å². The Bertz CT molecular complexity index is 209. The van der Waals surface area contributed by atoms with Gasteiger partial charge in [-0.25, -0.2) is 0 Å². The van der Waals surface area contributed by atoms with Crippen molar-refractivity contribution in [2.45, 2.75) is 51.4 Å². The van der Waals surface area contributed by atoms with Gasteiger partial charge >= 0.3 is 0 Å². The Morgan fingerprint density at radius 1 is 1.62 bits per heavy atom. The van der Waals surface area contributed by atoms with Crippen LogP contribution in [-0.2, 0) is 4.74 Å². The van der Waals surface area contributed by atoms with Gasteiger partial charge in [0.25, 0.3) is 0 Å². The van der Waals surface area contributed by atoms with E-state index in [0.717, 1.165) is 32.5 Å². The van der Waals surface area contributed by atoms with E-state index in [2.05, 4.69) is 18.7 Å². The van der Waals surface area contributed by atoms with Crippen LogP contribution >= 0.6 is 0 Å². The lowest BCUT2D eigenvalue weighted by Gasteiger charge is -2.33. The van der Waals surface area contributed by atoms with Crippen LogP contribution in [0.2, 0.25) is 0 Å². The Hall–Kier alpha value is -0.160. The maximum Gasteiger partial charge on any atom is 0.0756 e. The molecule has 16 heavy (non-hydrogen) atoms. The summed E-state index contributed by atoms with van der Waals surface area (Å²) in [7, 11) is 0. The highest BCUT2D eigenvalue weighted by Gasteiger charge is 2.26. The van der Waals surface area contributed by atoms with Crippen molar-refractivity contribution < 1.29 is 9.84 Å². The molecular formula is C12H26N2O2. The topological polar surface area (TPSA) is 58.7 Å². The molecular weight excluding hydrogens is 204 g/mol. The molecule has 3 N–H and O–H groups in total. The highest BCUT2D eigenvalue weighted by Crippen LogP contribution is 2.17. The average Bonchev–Trinajstić information content (AvgIpc) is 2.42. The number of nitrogens with two attached hydrogens (primary N) is 1. The lowest BCUT2D eigenvalue weighted by molar-refractivity contribution is 0.0193. The first-order valence-corrected chi connectivity index (χ1v) is 6.23. The van der Waals surface area contributed by atoms with Gasteiger partial charge in [-0.05, 0) is 33.6 Å². The SMILES string of the molecule is CC1CN(C(C)CC(C)(O)CN)CCCO1. The van der Waals surface area contributed by atoms with E-state index in [1.54, 1.807) is 6.92 Å². The molecule has 0 radical (unpaired) electrons. The van der Waals surface area contributed by atoms with Crippen molar-refractivity contribution in [1.82, 2.24) is 4.90 Å². The molecule has 1 heterocycles. The fourth-order valence-electron chi connectivity index (χ4n) is 2.28. The highest BCUT2D eigenvalue weighted by atomic mass is 16.5. The van der Waals surface area contributed by atoms with Crippen LogP contribution in [0.15, 0.2) is 0 Å². The van der Waals surface area contributed by atoms with Crippen molar-refractivity contribution in [2.75, 3.05) is 26.2 Å². The Balaban J connectivity index is 2.48. The van der Waals surface area contributed by atoms with Crippen LogP contribution in [0.5, 0.6) is 0 Å². The molecule has 3 unspecified atom stereocenters. The van der Waals surface area contributed by atoms with Gasteiger partial charge in [0, 0.05) is 32.3 Å². The minimum Gasteiger partial charge on any atom is -0.389 e. The van der Waals surface area contributed by atoms with E-state index in [1.807, 2.05) is 0 Å². The van der Waals surface area contributed by atoms with E-state index in [0.29, 0.717) is 12.6 Å². The van der Waals surface area contributed by atoms with E-state index in [1.165, 1.54) is 0 Å². The van der Waals surface area contributed by atoms with E-state index in [-0.39, 0.29) is 6.10 Å². The first-order chi connectivity index (χ1) is 7.44. The molecule has 1 saturated heterocycles. The third-order valence-corrected chi connectivity index (χ3v) is 3.28. The summed E-state index contributed by atoms with van der Waals surface area (Å²) < 4.78 is 5.61. The molecule has 0 bridgehead atoms. The van der Waals surface area contributed by atoms with Crippen molar-refractivity contribution in [2.24, 2.45) is 5.73 Å². The van der Waals surface area contributed by atoms with Crippen molar-refractivity contribution in [3.8, 4) is 0 Å². The molecule has 1 aliphatic heterocycles. The predicted octanol–water partition coefficient (Wildman–Crippen LogP) is 0.586. The first kappa shape index (κ1) is 13.9. The Morgan fingerprint density at radius 2 is 2.31 bits per heavy atom. The first-order valence-electron chi connectivity index (χ1n) is 6.23. The van der Waals surface area contributed by atoms with Gasteiger partial charge in [-0.1, -0.05) is 0 Å². The third kappa shape index (κ3) is 4.37. The molecule has 0 aromatic heterocycles. The molecule has 1 aliphatic rings. The molecule has 96 valence electrons. The highest BCUT2D eigenvalue weighted by molar-refractivity contribution is 4.82. The largest absolute Gasteiger partial charge is 0.389 e. The molecule has 0 saturated carbocycles. The average molecular weight is 230 g/mol. The normalized spacial score (nSPS) is 29.4. The molecule has 1 fully saturated rings. The summed E-state index contributed by atoms with van der Waals surface area (Å²) in [5.74, 6) is 0. The Labute approximate surface area is 98.8 Å². The standard InChI is InChI=1S/C12H26N2O2/c1-10(7-12(3,15)9-13)14-5-4-6-16-11(2)8-14/h10-11,15H,4-9,13H2,1-3H3. The van der Waals surface area contributed by atoms with E-state index >= 15 is 0 Å². The maximum absolute atomic E-state index is 9.98. The lowest BCUT2D eigenvalue weighted by Crippen LogP contribution is -2.45. The molecule has 0 spiro atoms. The summed E-state index contributed by atoms with van der Waals surface area (Å²) in [6.45, 7) is 9.22. The fraction of sp³-hybridized carbons (Fsp3) is 1.00. The smallest absolute Gasteiger partial charge is 0.0756 e. The van der Waals surface area contributed by atoms with Crippen LogP contribution in [0.1, 0.15) is 33.6 Å². The number of rotatable bonds is 4. The predicted molar refractivity (Wildman–Crippen MR) is 65.4 cm³/mol. The number of ether oxygens (including phenoxy) is 1. The maximum atomic E-state index is 9.98. The van der Waals surface area contributed by atoms with E-state index < -0.39 is 5.60 Å². The van der Waals surface area contributed by atoms with Crippen molar-refractivity contribution >= 4 is 0 Å². The van der Waals surface area contributed by atoms with E-state index in [9.17, 15) is 5.11 Å². The number of aliphatic hydroxyl groups is 1. The second-order valence-corrected chi connectivity index (χ2v) is 5.28. The van der Waals surface area contributed by atoms with Gasteiger partial charge in [0.1, 0.15) is 0 Å². The van der Waals surface area contributed by atoms with Crippen molar-refractivity contribution in [3.63, 3.8) is 0 Å². The Kier molecular flexibility index (Phi) is 5.18. The zero-order valence-electron chi connectivity index (χ0n) is 10.8. The quantitative estimate of drug-likeness (QED) is 0.742. The lowest BCUT2D eigenvalue weighted by atomic mass is 9.97. The monoisotopic (exact) mass is 230 g/mol. The molecule has 1 rings (SSSR count). The number of nitrogens with zero attached hydrogens (tertiary/aromatic N) is 1. The van der Waals surface area contributed by atoms with Crippen LogP contribution in [-0.4, -0.2) is 54.0 Å². The molecule has 0 amide bonds. The fourth-order valence-corrected chi connectivity index (χ4v) is 2.28. The molecule has 0 aromatic carbocycles. The van der Waals surface area contributed by atoms with E-state index in [4.69, 9.17) is 10.5 Å². The van der Waals surface area contributed by atoms with Gasteiger partial charge < -0.3 is 15.6 Å². The van der Waals surface area contributed by atoms with Gasteiger partial charge in [0.15, 0.2) is 0 Å². The van der Waals surface area contributed by atoms with Gasteiger partial charge in [-0.2, -0.15) is 0 Å². The Morgan fingerprint density at radius 3 is 2.94 bits per heavy atom. The third-order valence-electron chi connectivity index (χ3n) is 3.28. The molecule has 3 atom stereocenters. The minimum absolute atomic E-state index is 0.285. The van der Waals surface area contributed by atoms with Crippen molar-refractivity contribution in [3.05, 3.63) is 0 Å². The van der Waals surface area contributed by atoms with Crippen LogP contribution in [0.3, 0.4) is 0 Å². The van der Waals surface area contributed by atoms with Crippen LogP contribution in [0.25, 0.3) is 0 Å². The van der Waals surface area contributed by atoms with Gasteiger partial charge in [0.2, 0.25) is 0 Å². The summed E-state index contributed by atoms with van der Waals surface area (Å²) in [6.07, 6.45) is 2.07. The molecule has 4 heteroatoms. The zero-order chi connectivity index (χ0) is 12.2. The number of hydrogen-bond donors (Lipinski definition) is 2. The van der Waals surface area contributed by atoms with Crippen molar-refractivity contribution in [1.29, 1.82) is 0 Å². The van der Waals surface area contributed by atoms with Crippen LogP contribution in [0, 0.1) is 0 Å². The van der Waals surface area contributed by atoms with Gasteiger partial charge in [-0.15, -0.1) is 0 Å². The van der Waals surface area contributed by atoms with Crippen LogP contribution < -0.4 is 5.73 Å². The molecule has 0 aromatic rings. The minimum atomic E-state index is -0.754. The summed E-state index contributed by atoms with van der Waals surface area (Å²) in [6, 6.07) is 0.350. The zero-order valence-corrected chi connectivity index (χ0v) is 10.8. The molecule has 0 aliphatic carbocycles. The summed E-state index contributed by atoms with van der Waals surface area (Å²) in [4.78, 5) is 2.39. The molecule has 4 nitrogen and oxygen atoms in total. The summed E-state index contributed by atoms with van der Waals surface area (Å²) in [5, 5.41) is 9.98. The second kappa shape index (κ2) is 5.96. The van der Waals surface area contributed by atoms with Gasteiger partial charge in [0.05, 0.1) is 11.7 Å².